The molecule has 244 valence electrons. The molecule has 1 aromatic rings. The van der Waals surface area contributed by atoms with Crippen LogP contribution in [0.25, 0.3) is 0 Å². The number of aliphatic hydroxyl groups is 6. The molecule has 0 radical (unpaired) electrons. The lowest BCUT2D eigenvalue weighted by Gasteiger charge is -2.51. The van der Waals surface area contributed by atoms with Gasteiger partial charge in [-0.15, -0.1) is 0 Å². The molecule has 0 bridgehead atoms. The number of ether oxygens (including phenoxy) is 1. The summed E-state index contributed by atoms with van der Waals surface area (Å²) in [5.41, 5.74) is -11.5. The number of hydrogen-bond donors (Lipinski definition) is 8. The van der Waals surface area contributed by atoms with Gasteiger partial charge in [-0.2, -0.15) is 0 Å². The van der Waals surface area contributed by atoms with Gasteiger partial charge in [0.2, 0.25) is 0 Å². The number of benzene rings is 1. The summed E-state index contributed by atoms with van der Waals surface area (Å²) in [6, 6.07) is 8.23. The fraction of sp³-hybridized carbons (Fsp3) is 0.758. The number of carbonyl (C=O) groups excluding carboxylic acids is 1. The second kappa shape index (κ2) is 10.2. The second-order valence-corrected chi connectivity index (χ2v) is 14.4. The van der Waals surface area contributed by atoms with E-state index in [0.717, 1.165) is 18.4 Å². The van der Waals surface area contributed by atoms with Gasteiger partial charge in [0.05, 0.1) is 6.42 Å². The third-order valence-electron chi connectivity index (χ3n) is 12.7. The van der Waals surface area contributed by atoms with E-state index in [1.54, 1.807) is 0 Å². The summed E-state index contributed by atoms with van der Waals surface area (Å²) in [7, 11) is 0. The smallest absolute Gasteiger partial charge is 0.323 e. The van der Waals surface area contributed by atoms with Crippen molar-refractivity contribution < 1.29 is 50.1 Å². The van der Waals surface area contributed by atoms with Crippen LogP contribution in [0.3, 0.4) is 0 Å². The zero-order valence-electron chi connectivity index (χ0n) is 25.2. The fourth-order valence-electron chi connectivity index (χ4n) is 10.9. The molecular formula is C33H47NO10. The molecule has 1 aromatic carbocycles. The Morgan fingerprint density at radius 3 is 1.68 bits per heavy atom. The number of hydrogen-bond acceptors (Lipinski definition) is 10. The molecule has 0 saturated heterocycles. The maximum absolute atomic E-state index is 12.7. The number of aliphatic carboxylic acids is 1. The molecule has 0 aromatic heterocycles. The Bertz CT molecular complexity index is 1240. The Kier molecular flexibility index (Phi) is 7.37. The average Bonchev–Trinajstić information content (AvgIpc) is 3.66. The van der Waals surface area contributed by atoms with E-state index in [9.17, 15) is 45.3 Å². The molecule has 5 aliphatic carbocycles. The van der Waals surface area contributed by atoms with Gasteiger partial charge in [-0.05, 0) is 44.1 Å². The molecule has 0 heterocycles. The van der Waals surface area contributed by atoms with Gasteiger partial charge >= 0.3 is 11.9 Å². The number of nitrogens with two attached hydrogens (primary N) is 1. The number of carbonyl (C=O) groups is 2. The first-order chi connectivity index (χ1) is 20.7. The maximum atomic E-state index is 12.7. The van der Waals surface area contributed by atoms with E-state index in [1.807, 2.05) is 30.3 Å². The Morgan fingerprint density at radius 2 is 1.20 bits per heavy atom. The Balaban J connectivity index is 1.28. The van der Waals surface area contributed by atoms with Crippen molar-refractivity contribution in [2.24, 2.45) is 16.6 Å². The van der Waals surface area contributed by atoms with Gasteiger partial charge in [-0.3, -0.25) is 9.59 Å². The van der Waals surface area contributed by atoms with E-state index in [1.165, 1.54) is 0 Å². The van der Waals surface area contributed by atoms with Gasteiger partial charge in [-0.25, -0.2) is 0 Å². The highest BCUT2D eigenvalue weighted by Gasteiger charge is 3.14. The topological polar surface area (TPSA) is 211 Å². The van der Waals surface area contributed by atoms with Crippen LogP contribution in [0.2, 0.25) is 0 Å². The molecular weight excluding hydrogens is 570 g/mol. The van der Waals surface area contributed by atoms with Gasteiger partial charge in [0.25, 0.3) is 0 Å². The van der Waals surface area contributed by atoms with Crippen LogP contribution in [-0.2, 0) is 20.9 Å². The molecule has 44 heavy (non-hydrogen) atoms. The molecule has 9 N–H and O–H groups in total. The van der Waals surface area contributed by atoms with Crippen LogP contribution in [0.15, 0.2) is 30.3 Å². The summed E-state index contributed by atoms with van der Waals surface area (Å²) >= 11 is 0. The normalized spacial score (nSPS) is 41.8. The lowest BCUT2D eigenvalue weighted by atomic mass is 9.65. The highest BCUT2D eigenvalue weighted by molar-refractivity contribution is 5.75. The van der Waals surface area contributed by atoms with Gasteiger partial charge in [0.15, 0.2) is 0 Å². The van der Waals surface area contributed by atoms with E-state index in [0.29, 0.717) is 32.1 Å². The number of carboxylic acid groups (broad SMARTS) is 1. The minimum atomic E-state index is -2.80. The van der Waals surface area contributed by atoms with E-state index >= 15 is 0 Å². The van der Waals surface area contributed by atoms with E-state index in [-0.39, 0.29) is 51.6 Å². The van der Waals surface area contributed by atoms with Crippen LogP contribution in [0.1, 0.15) is 102 Å². The summed E-state index contributed by atoms with van der Waals surface area (Å²) < 4.78 is 5.33. The first-order valence-corrected chi connectivity index (χ1v) is 16.2. The summed E-state index contributed by atoms with van der Waals surface area (Å²) in [5.74, 6) is -2.08. The summed E-state index contributed by atoms with van der Waals surface area (Å²) in [4.78, 5) is 24.7. The lowest BCUT2D eigenvalue weighted by Crippen LogP contribution is -2.76. The molecule has 5 saturated carbocycles. The third-order valence-corrected chi connectivity index (χ3v) is 12.7. The van der Waals surface area contributed by atoms with Crippen LogP contribution in [0.4, 0.5) is 0 Å². The largest absolute Gasteiger partial charge is 0.481 e. The van der Waals surface area contributed by atoms with Crippen LogP contribution in [0, 0.1) is 10.8 Å². The predicted molar refractivity (Wildman–Crippen MR) is 156 cm³/mol. The first-order valence-electron chi connectivity index (χ1n) is 16.2. The molecule has 5 fully saturated rings. The number of fused-ring (bicyclic) bond motifs is 6. The third kappa shape index (κ3) is 3.36. The van der Waals surface area contributed by atoms with Crippen molar-refractivity contribution in [2.75, 3.05) is 0 Å². The van der Waals surface area contributed by atoms with Crippen molar-refractivity contribution >= 4 is 11.9 Å². The molecule has 3 unspecified atom stereocenters. The molecule has 5 aliphatic rings. The Hall–Kier alpha value is -2.12. The predicted octanol–water partition coefficient (Wildman–Crippen LogP) is 1.42. The Labute approximate surface area is 257 Å². The number of unbranched alkanes of at least 4 members (excludes halogenated alkanes) is 1. The monoisotopic (exact) mass is 617 g/mol. The van der Waals surface area contributed by atoms with Crippen molar-refractivity contribution in [1.82, 2.24) is 0 Å². The molecule has 7 atom stereocenters. The van der Waals surface area contributed by atoms with Gasteiger partial charge in [-0.1, -0.05) is 81.7 Å². The van der Waals surface area contributed by atoms with E-state index in [4.69, 9.17) is 10.5 Å². The van der Waals surface area contributed by atoms with Crippen molar-refractivity contribution in [2.45, 2.75) is 143 Å². The summed E-state index contributed by atoms with van der Waals surface area (Å²) in [6.07, 6.45) is 3.91. The maximum Gasteiger partial charge on any atom is 0.323 e. The quantitative estimate of drug-likeness (QED) is 0.139. The van der Waals surface area contributed by atoms with Crippen molar-refractivity contribution in [3.63, 3.8) is 0 Å². The Morgan fingerprint density at radius 1 is 0.727 bits per heavy atom. The fourth-order valence-corrected chi connectivity index (χ4v) is 10.9. The minimum absolute atomic E-state index is 0.0772. The van der Waals surface area contributed by atoms with E-state index < -0.39 is 68.8 Å². The van der Waals surface area contributed by atoms with Gasteiger partial charge < -0.3 is 46.2 Å². The second-order valence-electron chi connectivity index (χ2n) is 14.4. The van der Waals surface area contributed by atoms with Gasteiger partial charge in [0, 0.05) is 10.8 Å². The lowest BCUT2D eigenvalue weighted by molar-refractivity contribution is -0.304. The van der Waals surface area contributed by atoms with Crippen LogP contribution in [-0.4, -0.2) is 87.3 Å². The highest BCUT2D eigenvalue weighted by Crippen LogP contribution is 2.94. The zero-order chi connectivity index (χ0) is 31.9. The molecule has 2 spiro atoms. The minimum Gasteiger partial charge on any atom is -0.481 e. The molecule has 0 aliphatic heterocycles. The van der Waals surface area contributed by atoms with Crippen LogP contribution >= 0.6 is 0 Å². The SMILES string of the molecule is NC(CCCCC1(O)[C@@]2(O)C3(CCCCC3)[C@]2(O)C(O)(CC(=O)O)[C@@]2(O)C3(CCCCC3)[C@@]12O)C(=O)OCc1ccccc1. The highest BCUT2D eigenvalue weighted by atomic mass is 16.5. The number of esters is 1. The van der Waals surface area contributed by atoms with Crippen LogP contribution in [0.5, 0.6) is 0 Å². The molecule has 6 rings (SSSR count). The number of carboxylic acids is 1. The standard InChI is InChI=1S/C33H47NO10/c34-23(25(37)44-21-22-12-4-1-5-13-22)14-6-11-19-28(38)30(40)26(15-7-2-8-16-26)32(30,42)29(39,20-24(35)36)33(43)27(31(28,33)41)17-9-3-10-18-27/h1,4-5,12-13,23,38-43H,2-3,6-11,14-21,34H2,(H,35,36)/t23?,28?,29?,30-,31+,32-,33-/m0/s1. The van der Waals surface area contributed by atoms with Gasteiger partial charge in [0.1, 0.15) is 46.3 Å². The molecule has 11 heteroatoms. The van der Waals surface area contributed by atoms with Crippen molar-refractivity contribution in [3.05, 3.63) is 35.9 Å². The summed E-state index contributed by atoms with van der Waals surface area (Å²) in [6.45, 7) is 0.0772. The molecule has 11 nitrogen and oxygen atoms in total. The van der Waals surface area contributed by atoms with E-state index in [2.05, 4.69) is 0 Å². The van der Waals surface area contributed by atoms with Crippen molar-refractivity contribution in [1.29, 1.82) is 0 Å². The first kappa shape index (κ1) is 31.8. The zero-order valence-corrected chi connectivity index (χ0v) is 25.2. The number of rotatable bonds is 10. The van der Waals surface area contributed by atoms with Crippen molar-refractivity contribution in [3.8, 4) is 0 Å². The summed E-state index contributed by atoms with van der Waals surface area (Å²) in [5, 5.41) is 85.1. The molecule has 0 amide bonds. The average molecular weight is 618 g/mol. The van der Waals surface area contributed by atoms with Crippen LogP contribution < -0.4 is 5.73 Å².